The van der Waals surface area contributed by atoms with Crippen LogP contribution in [0, 0.1) is 0 Å². The van der Waals surface area contributed by atoms with Gasteiger partial charge in [-0.05, 0) is 49.2 Å². The minimum Gasteiger partial charge on any atom is -0.376 e. The molecule has 32 heavy (non-hydrogen) atoms. The number of nitrogens with one attached hydrogen (secondary N) is 2. The molecule has 4 rings (SSSR count). The average molecular weight is 458 g/mol. The number of anilines is 2. The third-order valence-electron chi connectivity index (χ3n) is 5.39. The van der Waals surface area contributed by atoms with Crippen LogP contribution in [0.25, 0.3) is 0 Å². The van der Waals surface area contributed by atoms with E-state index in [1.54, 1.807) is 12.1 Å². The molecule has 1 atom stereocenters. The van der Waals surface area contributed by atoms with E-state index in [0.717, 1.165) is 17.7 Å². The Morgan fingerprint density at radius 3 is 2.38 bits per heavy atom. The SMILES string of the molecule is O=C(NC[C@@H]1CCCO1)c1ccccc1NS(=O)(=O)c1ccc(N2C(=O)CCC2=O)cc1. The largest absolute Gasteiger partial charge is 0.376 e. The Labute approximate surface area is 185 Å². The van der Waals surface area contributed by atoms with Crippen LogP contribution in [-0.2, 0) is 24.3 Å². The third kappa shape index (κ3) is 4.66. The summed E-state index contributed by atoms with van der Waals surface area (Å²) in [4.78, 5) is 37.4. The first-order chi connectivity index (χ1) is 15.3. The van der Waals surface area contributed by atoms with E-state index in [1.807, 2.05) is 0 Å². The lowest BCUT2D eigenvalue weighted by atomic mass is 10.1. The topological polar surface area (TPSA) is 122 Å². The van der Waals surface area contributed by atoms with Crippen LogP contribution >= 0.6 is 0 Å². The molecule has 2 aromatic rings. The highest BCUT2D eigenvalue weighted by Gasteiger charge is 2.30. The van der Waals surface area contributed by atoms with Crippen LogP contribution in [0.2, 0.25) is 0 Å². The Hall–Kier alpha value is -3.24. The fourth-order valence-electron chi connectivity index (χ4n) is 3.72. The summed E-state index contributed by atoms with van der Waals surface area (Å²) in [5.41, 5.74) is 0.663. The number of carbonyl (C=O) groups excluding carboxylic acids is 3. The molecule has 0 aliphatic carbocycles. The van der Waals surface area contributed by atoms with Gasteiger partial charge in [0.25, 0.3) is 15.9 Å². The van der Waals surface area contributed by atoms with Crippen molar-refractivity contribution in [1.82, 2.24) is 5.32 Å². The Kier molecular flexibility index (Phi) is 6.24. The van der Waals surface area contributed by atoms with Gasteiger partial charge in [-0.1, -0.05) is 12.1 Å². The zero-order chi connectivity index (χ0) is 22.7. The first-order valence-corrected chi connectivity index (χ1v) is 11.8. The molecule has 2 aliphatic heterocycles. The minimum atomic E-state index is -4.01. The third-order valence-corrected chi connectivity index (χ3v) is 6.77. The molecule has 2 aromatic carbocycles. The molecule has 0 bridgehead atoms. The summed E-state index contributed by atoms with van der Waals surface area (Å²) in [6, 6.07) is 11.8. The molecule has 0 saturated carbocycles. The molecule has 10 heteroatoms. The maximum Gasteiger partial charge on any atom is 0.261 e. The van der Waals surface area contributed by atoms with Crippen molar-refractivity contribution in [3.8, 4) is 0 Å². The van der Waals surface area contributed by atoms with Crippen molar-refractivity contribution in [2.24, 2.45) is 0 Å². The van der Waals surface area contributed by atoms with E-state index in [0.29, 0.717) is 18.8 Å². The van der Waals surface area contributed by atoms with Gasteiger partial charge < -0.3 is 10.1 Å². The highest BCUT2D eigenvalue weighted by atomic mass is 32.2. The number of carbonyl (C=O) groups is 3. The fraction of sp³-hybridized carbons (Fsp3) is 0.318. The highest BCUT2D eigenvalue weighted by Crippen LogP contribution is 2.26. The Bertz CT molecular complexity index is 1120. The smallest absolute Gasteiger partial charge is 0.261 e. The number of imide groups is 1. The van der Waals surface area contributed by atoms with E-state index >= 15 is 0 Å². The lowest BCUT2D eigenvalue weighted by Gasteiger charge is -2.16. The van der Waals surface area contributed by atoms with Crippen molar-refractivity contribution in [2.45, 2.75) is 36.7 Å². The summed E-state index contributed by atoms with van der Waals surface area (Å²) < 4.78 is 33.7. The molecule has 168 valence electrons. The first kappa shape index (κ1) is 22.0. The number of nitrogens with zero attached hydrogens (tertiary/aromatic N) is 1. The minimum absolute atomic E-state index is 0.0318. The summed E-state index contributed by atoms with van der Waals surface area (Å²) in [6.45, 7) is 1.03. The molecule has 0 radical (unpaired) electrons. The fourth-order valence-corrected chi connectivity index (χ4v) is 4.80. The number of ether oxygens (including phenoxy) is 1. The van der Waals surface area contributed by atoms with Gasteiger partial charge in [0.2, 0.25) is 11.8 Å². The molecule has 0 spiro atoms. The number of amides is 3. The quantitative estimate of drug-likeness (QED) is 0.614. The van der Waals surface area contributed by atoms with E-state index in [2.05, 4.69) is 10.0 Å². The van der Waals surface area contributed by atoms with Crippen LogP contribution in [0.5, 0.6) is 0 Å². The molecule has 2 aliphatic rings. The van der Waals surface area contributed by atoms with Crippen LogP contribution < -0.4 is 14.9 Å². The lowest BCUT2D eigenvalue weighted by molar-refractivity contribution is -0.121. The lowest BCUT2D eigenvalue weighted by Crippen LogP contribution is -2.32. The number of hydrogen-bond acceptors (Lipinski definition) is 6. The van der Waals surface area contributed by atoms with Crippen molar-refractivity contribution >= 4 is 39.1 Å². The number of para-hydroxylation sites is 1. The van der Waals surface area contributed by atoms with Crippen molar-refractivity contribution in [1.29, 1.82) is 0 Å². The number of benzene rings is 2. The average Bonchev–Trinajstić information content (AvgIpc) is 3.42. The van der Waals surface area contributed by atoms with Gasteiger partial charge in [-0.25, -0.2) is 8.42 Å². The van der Waals surface area contributed by atoms with Crippen LogP contribution in [0.3, 0.4) is 0 Å². The Morgan fingerprint density at radius 2 is 1.72 bits per heavy atom. The predicted molar refractivity (Wildman–Crippen MR) is 117 cm³/mol. The molecular formula is C22H23N3O6S. The summed E-state index contributed by atoms with van der Waals surface area (Å²) in [5, 5.41) is 2.79. The maximum absolute atomic E-state index is 12.9. The molecule has 3 amide bonds. The highest BCUT2D eigenvalue weighted by molar-refractivity contribution is 7.92. The monoisotopic (exact) mass is 457 g/mol. The van der Waals surface area contributed by atoms with Gasteiger partial charge in [0.1, 0.15) is 0 Å². The van der Waals surface area contributed by atoms with Crippen LogP contribution in [0.1, 0.15) is 36.0 Å². The molecule has 9 nitrogen and oxygen atoms in total. The van der Waals surface area contributed by atoms with E-state index < -0.39 is 15.9 Å². The Balaban J connectivity index is 1.49. The van der Waals surface area contributed by atoms with E-state index in [1.165, 1.54) is 36.4 Å². The van der Waals surface area contributed by atoms with Crippen molar-refractivity contribution < 1.29 is 27.5 Å². The molecule has 2 heterocycles. The Morgan fingerprint density at radius 1 is 1.03 bits per heavy atom. The zero-order valence-corrected chi connectivity index (χ0v) is 18.1. The van der Waals surface area contributed by atoms with Crippen molar-refractivity contribution in [3.63, 3.8) is 0 Å². The second-order valence-corrected chi connectivity index (χ2v) is 9.30. The number of rotatable bonds is 7. The van der Waals surface area contributed by atoms with Gasteiger partial charge in [-0.3, -0.25) is 24.0 Å². The molecule has 0 aromatic heterocycles. The van der Waals surface area contributed by atoms with Crippen LogP contribution in [0.15, 0.2) is 53.4 Å². The van der Waals surface area contributed by atoms with Gasteiger partial charge in [-0.2, -0.15) is 0 Å². The first-order valence-electron chi connectivity index (χ1n) is 10.3. The second-order valence-electron chi connectivity index (χ2n) is 7.61. The van der Waals surface area contributed by atoms with Gasteiger partial charge >= 0.3 is 0 Å². The van der Waals surface area contributed by atoms with E-state index in [4.69, 9.17) is 4.74 Å². The van der Waals surface area contributed by atoms with Crippen molar-refractivity contribution in [2.75, 3.05) is 22.8 Å². The maximum atomic E-state index is 12.9. The van der Waals surface area contributed by atoms with Gasteiger partial charge in [0, 0.05) is 26.0 Å². The summed E-state index contributed by atoms with van der Waals surface area (Å²) in [7, 11) is -4.01. The molecule has 0 unspecified atom stereocenters. The van der Waals surface area contributed by atoms with E-state index in [9.17, 15) is 22.8 Å². The summed E-state index contributed by atoms with van der Waals surface area (Å²) >= 11 is 0. The van der Waals surface area contributed by atoms with Gasteiger partial charge in [-0.15, -0.1) is 0 Å². The van der Waals surface area contributed by atoms with Gasteiger partial charge in [0.05, 0.1) is 27.9 Å². The zero-order valence-electron chi connectivity index (χ0n) is 17.2. The van der Waals surface area contributed by atoms with Gasteiger partial charge in [0.15, 0.2) is 0 Å². The molecule has 2 fully saturated rings. The second kappa shape index (κ2) is 9.09. The predicted octanol–water partition coefficient (Wildman–Crippen LogP) is 2.05. The van der Waals surface area contributed by atoms with Crippen LogP contribution in [0.4, 0.5) is 11.4 Å². The normalized spacial score (nSPS) is 18.8. The number of sulfonamides is 1. The molecule has 2 N–H and O–H groups in total. The van der Waals surface area contributed by atoms with Crippen molar-refractivity contribution in [3.05, 3.63) is 54.1 Å². The summed E-state index contributed by atoms with van der Waals surface area (Å²) in [5.74, 6) is -1.03. The summed E-state index contributed by atoms with van der Waals surface area (Å²) in [6.07, 6.45) is 2.09. The standard InChI is InChI=1S/C22H23N3O6S/c26-20-11-12-21(27)25(20)15-7-9-17(10-8-15)32(29,30)24-19-6-2-1-5-18(19)22(28)23-14-16-4-3-13-31-16/h1-2,5-10,16,24H,3-4,11-14H2,(H,23,28)/t16-/m0/s1. The molecule has 2 saturated heterocycles. The molecular weight excluding hydrogens is 434 g/mol. The number of hydrogen-bond donors (Lipinski definition) is 2. The van der Waals surface area contributed by atoms with Crippen LogP contribution in [-0.4, -0.2) is 45.4 Å². The van der Waals surface area contributed by atoms with E-state index in [-0.39, 0.29) is 46.9 Å².